The first-order valence-electron chi connectivity index (χ1n) is 4.91. The van der Waals surface area contributed by atoms with Gasteiger partial charge in [0.15, 0.2) is 0 Å². The summed E-state index contributed by atoms with van der Waals surface area (Å²) in [4.78, 5) is 15.7. The fraction of sp³-hybridized carbons (Fsp3) is 0.100. The van der Waals surface area contributed by atoms with Crippen LogP contribution in [0.2, 0.25) is 0 Å². The number of carbonyl (C=O) groups excluding carboxylic acids is 1. The van der Waals surface area contributed by atoms with Gasteiger partial charge in [-0.3, -0.25) is 4.79 Å². The Bertz CT molecular complexity index is 497. The van der Waals surface area contributed by atoms with Crippen molar-refractivity contribution in [3.8, 4) is 0 Å². The van der Waals surface area contributed by atoms with E-state index in [2.05, 4.69) is 25.4 Å². The van der Waals surface area contributed by atoms with E-state index in [0.717, 1.165) is 0 Å². The quantitative estimate of drug-likeness (QED) is 0.517. The van der Waals surface area contributed by atoms with Gasteiger partial charge < -0.3 is 15.3 Å². The second-order valence-corrected chi connectivity index (χ2v) is 3.23. The van der Waals surface area contributed by atoms with Gasteiger partial charge in [-0.2, -0.15) is 0 Å². The highest BCUT2D eigenvalue weighted by molar-refractivity contribution is 5.92. The zero-order valence-electron chi connectivity index (χ0n) is 8.88. The Morgan fingerprint density at radius 2 is 2.29 bits per heavy atom. The number of amides is 1. The third kappa shape index (κ3) is 2.79. The van der Waals surface area contributed by atoms with Gasteiger partial charge in [0.1, 0.15) is 23.5 Å². The fourth-order valence-electron chi connectivity index (χ4n) is 1.23. The number of nitrogens with two attached hydrogens (primary N) is 1. The topological polar surface area (TPSA) is 106 Å². The average molecular weight is 233 g/mol. The molecule has 2 aromatic rings. The van der Waals surface area contributed by atoms with Gasteiger partial charge in [-0.15, -0.1) is 0 Å². The molecule has 0 aliphatic rings. The van der Waals surface area contributed by atoms with Gasteiger partial charge >= 0.3 is 0 Å². The van der Waals surface area contributed by atoms with Crippen molar-refractivity contribution in [2.75, 3.05) is 5.43 Å². The number of nitrogens with one attached hydrogen (secondary N) is 2. The van der Waals surface area contributed by atoms with E-state index < -0.39 is 0 Å². The molecule has 0 unspecified atom stereocenters. The molecule has 2 rings (SSSR count). The Morgan fingerprint density at radius 3 is 3.00 bits per heavy atom. The third-order valence-electron chi connectivity index (χ3n) is 2.05. The fourth-order valence-corrected chi connectivity index (χ4v) is 1.23. The van der Waals surface area contributed by atoms with E-state index >= 15 is 0 Å². The molecule has 0 aliphatic carbocycles. The molecule has 0 spiro atoms. The van der Waals surface area contributed by atoms with E-state index in [4.69, 9.17) is 5.84 Å². The Morgan fingerprint density at radius 1 is 1.41 bits per heavy atom. The lowest BCUT2D eigenvalue weighted by Gasteiger charge is -2.04. The number of pyridine rings is 1. The number of nitrogen functional groups attached to an aromatic ring is 1. The number of anilines is 1. The monoisotopic (exact) mass is 233 g/mol. The number of hydrogen-bond donors (Lipinski definition) is 3. The van der Waals surface area contributed by atoms with Gasteiger partial charge in [0, 0.05) is 6.07 Å². The molecule has 2 aromatic heterocycles. The first-order valence-corrected chi connectivity index (χ1v) is 4.91. The van der Waals surface area contributed by atoms with Crippen LogP contribution in [0.5, 0.6) is 0 Å². The van der Waals surface area contributed by atoms with Crippen molar-refractivity contribution in [2.45, 2.75) is 6.54 Å². The molecule has 88 valence electrons. The maximum Gasteiger partial charge on any atom is 0.270 e. The van der Waals surface area contributed by atoms with Crippen molar-refractivity contribution in [2.24, 2.45) is 5.84 Å². The predicted molar refractivity (Wildman–Crippen MR) is 59.7 cm³/mol. The van der Waals surface area contributed by atoms with Gasteiger partial charge in [-0.25, -0.2) is 10.8 Å². The molecule has 0 saturated heterocycles. The highest BCUT2D eigenvalue weighted by Gasteiger charge is 2.08. The second kappa shape index (κ2) is 5.08. The van der Waals surface area contributed by atoms with Crippen LogP contribution in [0.3, 0.4) is 0 Å². The van der Waals surface area contributed by atoms with Crippen LogP contribution < -0.4 is 16.6 Å². The first kappa shape index (κ1) is 11.1. The number of aromatic nitrogens is 2. The minimum absolute atomic E-state index is 0.281. The molecular weight excluding hydrogens is 222 g/mol. The highest BCUT2D eigenvalue weighted by atomic mass is 16.5. The molecule has 17 heavy (non-hydrogen) atoms. The minimum atomic E-state index is -0.301. The summed E-state index contributed by atoms with van der Waals surface area (Å²) >= 11 is 0. The van der Waals surface area contributed by atoms with Gasteiger partial charge in [0.25, 0.3) is 5.91 Å². The molecule has 2 heterocycles. The number of rotatable bonds is 4. The van der Waals surface area contributed by atoms with Crippen molar-refractivity contribution < 1.29 is 9.32 Å². The van der Waals surface area contributed by atoms with E-state index in [1.807, 2.05) is 0 Å². The molecule has 4 N–H and O–H groups in total. The summed E-state index contributed by atoms with van der Waals surface area (Å²) in [5.74, 6) is 5.33. The van der Waals surface area contributed by atoms with Gasteiger partial charge in [-0.05, 0) is 12.1 Å². The molecule has 7 nitrogen and oxygen atoms in total. The van der Waals surface area contributed by atoms with E-state index in [1.54, 1.807) is 24.3 Å². The summed E-state index contributed by atoms with van der Waals surface area (Å²) in [5, 5.41) is 6.33. The van der Waals surface area contributed by atoms with Crippen LogP contribution in [0.4, 0.5) is 5.82 Å². The lowest BCUT2D eigenvalue weighted by atomic mass is 10.3. The summed E-state index contributed by atoms with van der Waals surface area (Å²) in [7, 11) is 0. The maximum atomic E-state index is 11.7. The summed E-state index contributed by atoms with van der Waals surface area (Å²) in [5.41, 5.74) is 3.30. The molecule has 0 atom stereocenters. The zero-order valence-corrected chi connectivity index (χ0v) is 8.88. The van der Waals surface area contributed by atoms with Crippen LogP contribution >= 0.6 is 0 Å². The normalized spacial score (nSPS) is 9.94. The minimum Gasteiger partial charge on any atom is -0.364 e. The molecule has 7 heteroatoms. The van der Waals surface area contributed by atoms with E-state index in [-0.39, 0.29) is 18.1 Å². The summed E-state index contributed by atoms with van der Waals surface area (Å²) in [6.07, 6.45) is 1.44. The standard InChI is InChI=1S/C10H11N5O2/c11-14-9-3-1-2-8(13-9)10(16)12-6-7-4-5-17-15-7/h1-5H,6,11H2,(H,12,16)(H,13,14). The summed E-state index contributed by atoms with van der Waals surface area (Å²) in [6, 6.07) is 6.62. The third-order valence-corrected chi connectivity index (χ3v) is 2.05. The highest BCUT2D eigenvalue weighted by Crippen LogP contribution is 2.03. The number of carbonyl (C=O) groups is 1. The van der Waals surface area contributed by atoms with Crippen LogP contribution in [-0.2, 0) is 6.54 Å². The van der Waals surface area contributed by atoms with E-state index in [9.17, 15) is 4.79 Å². The van der Waals surface area contributed by atoms with Gasteiger partial charge in [-0.1, -0.05) is 11.2 Å². The smallest absolute Gasteiger partial charge is 0.270 e. The number of hydrogen-bond acceptors (Lipinski definition) is 6. The lowest BCUT2D eigenvalue weighted by Crippen LogP contribution is -2.24. The Labute approximate surface area is 97.0 Å². The SMILES string of the molecule is NNc1cccc(C(=O)NCc2ccon2)n1. The number of nitrogens with zero attached hydrogens (tertiary/aromatic N) is 2. The summed E-state index contributed by atoms with van der Waals surface area (Å²) < 4.78 is 4.65. The van der Waals surface area contributed by atoms with E-state index in [0.29, 0.717) is 11.5 Å². The maximum absolute atomic E-state index is 11.7. The van der Waals surface area contributed by atoms with Crippen molar-refractivity contribution in [1.82, 2.24) is 15.5 Å². The first-order chi connectivity index (χ1) is 8.29. The summed E-state index contributed by atoms with van der Waals surface area (Å²) in [6.45, 7) is 0.289. The van der Waals surface area contributed by atoms with Crippen molar-refractivity contribution in [3.63, 3.8) is 0 Å². The van der Waals surface area contributed by atoms with Crippen LogP contribution in [-0.4, -0.2) is 16.0 Å². The lowest BCUT2D eigenvalue weighted by molar-refractivity contribution is 0.0945. The zero-order chi connectivity index (χ0) is 12.1. The molecular formula is C10H11N5O2. The van der Waals surface area contributed by atoms with Gasteiger partial charge in [0.05, 0.1) is 6.54 Å². The Hall–Kier alpha value is -2.41. The predicted octanol–water partition coefficient (Wildman–Crippen LogP) is 0.285. The van der Waals surface area contributed by atoms with Crippen molar-refractivity contribution >= 4 is 11.7 Å². The molecule has 0 aromatic carbocycles. The molecule has 0 aliphatic heterocycles. The van der Waals surface area contributed by atoms with Gasteiger partial charge in [0.2, 0.25) is 0 Å². The largest absolute Gasteiger partial charge is 0.364 e. The average Bonchev–Trinajstić information content (AvgIpc) is 2.89. The van der Waals surface area contributed by atoms with Crippen molar-refractivity contribution in [3.05, 3.63) is 41.9 Å². The molecule has 1 amide bonds. The van der Waals surface area contributed by atoms with Crippen LogP contribution in [0.1, 0.15) is 16.2 Å². The van der Waals surface area contributed by atoms with Crippen LogP contribution in [0.15, 0.2) is 35.1 Å². The Balaban J connectivity index is 1.99. The molecule has 0 bridgehead atoms. The molecule has 0 radical (unpaired) electrons. The van der Waals surface area contributed by atoms with Crippen LogP contribution in [0, 0.1) is 0 Å². The van der Waals surface area contributed by atoms with E-state index in [1.165, 1.54) is 6.26 Å². The number of hydrazine groups is 1. The molecule has 0 fully saturated rings. The Kier molecular flexibility index (Phi) is 3.31. The second-order valence-electron chi connectivity index (χ2n) is 3.23. The molecule has 0 saturated carbocycles. The van der Waals surface area contributed by atoms with Crippen molar-refractivity contribution in [1.29, 1.82) is 0 Å². The van der Waals surface area contributed by atoms with Crippen LogP contribution in [0.25, 0.3) is 0 Å².